The summed E-state index contributed by atoms with van der Waals surface area (Å²) in [7, 11) is 1.66. The first-order valence-corrected chi connectivity index (χ1v) is 7.01. The minimum absolute atomic E-state index is 0.0770. The summed E-state index contributed by atoms with van der Waals surface area (Å²) in [5.74, 6) is -0.0770. The largest absolute Gasteiger partial charge is 0.385 e. The van der Waals surface area contributed by atoms with Gasteiger partial charge in [-0.15, -0.1) is 0 Å². The van der Waals surface area contributed by atoms with Crippen molar-refractivity contribution in [3.63, 3.8) is 0 Å². The van der Waals surface area contributed by atoms with Crippen LogP contribution < -0.4 is 0 Å². The molecule has 0 fully saturated rings. The van der Waals surface area contributed by atoms with Crippen LogP contribution in [0.1, 0.15) is 23.7 Å². The van der Waals surface area contributed by atoms with E-state index in [0.29, 0.717) is 37.0 Å². The van der Waals surface area contributed by atoms with E-state index >= 15 is 0 Å². The molecule has 0 aliphatic heterocycles. The summed E-state index contributed by atoms with van der Waals surface area (Å²) in [5.41, 5.74) is 0.561. The number of ether oxygens (including phenoxy) is 3. The van der Waals surface area contributed by atoms with Crippen LogP contribution >= 0.6 is 11.6 Å². The molecule has 0 spiro atoms. The van der Waals surface area contributed by atoms with E-state index in [-0.39, 0.29) is 5.78 Å². The van der Waals surface area contributed by atoms with E-state index in [9.17, 15) is 4.79 Å². The van der Waals surface area contributed by atoms with Crippen molar-refractivity contribution in [1.29, 1.82) is 0 Å². The smallest absolute Gasteiger partial charge is 0.191 e. The third-order valence-corrected chi connectivity index (χ3v) is 2.95. The van der Waals surface area contributed by atoms with Crippen LogP contribution in [0.2, 0.25) is 5.02 Å². The highest BCUT2D eigenvalue weighted by atomic mass is 35.5. The average molecular weight is 301 g/mol. The number of carbonyl (C=O) groups excluding carboxylic acids is 1. The molecule has 0 saturated carbocycles. The van der Waals surface area contributed by atoms with E-state index in [2.05, 4.69) is 0 Å². The number of carbonyl (C=O) groups is 1. The Morgan fingerprint density at radius 3 is 2.75 bits per heavy atom. The highest BCUT2D eigenvalue weighted by molar-refractivity contribution is 6.31. The quantitative estimate of drug-likeness (QED) is 0.492. The van der Waals surface area contributed by atoms with Crippen LogP contribution in [0.4, 0.5) is 0 Å². The van der Waals surface area contributed by atoms with Gasteiger partial charge in [0.05, 0.1) is 13.2 Å². The second-order valence-electron chi connectivity index (χ2n) is 4.35. The Morgan fingerprint density at radius 2 is 2.05 bits per heavy atom. The van der Waals surface area contributed by atoms with Crippen molar-refractivity contribution >= 4 is 17.4 Å². The zero-order chi connectivity index (χ0) is 14.8. The summed E-state index contributed by atoms with van der Waals surface area (Å²) >= 11 is 5.86. The fourth-order valence-corrected chi connectivity index (χ4v) is 1.83. The maximum atomic E-state index is 12.1. The molecule has 112 valence electrons. The van der Waals surface area contributed by atoms with Gasteiger partial charge in [-0.1, -0.05) is 23.7 Å². The van der Waals surface area contributed by atoms with Gasteiger partial charge in [0.2, 0.25) is 0 Å². The van der Waals surface area contributed by atoms with Crippen LogP contribution in [-0.4, -0.2) is 45.4 Å². The van der Waals surface area contributed by atoms with Crippen molar-refractivity contribution in [3.05, 3.63) is 34.9 Å². The fourth-order valence-electron chi connectivity index (χ4n) is 1.64. The van der Waals surface area contributed by atoms with E-state index in [0.717, 1.165) is 6.42 Å². The summed E-state index contributed by atoms with van der Waals surface area (Å²) < 4.78 is 15.7. The number of methoxy groups -OCH3 is 1. The Labute approximate surface area is 125 Å². The van der Waals surface area contributed by atoms with Gasteiger partial charge < -0.3 is 14.2 Å². The van der Waals surface area contributed by atoms with Gasteiger partial charge in [0.1, 0.15) is 6.10 Å². The average Bonchev–Trinajstić information content (AvgIpc) is 2.45. The third-order valence-electron chi connectivity index (χ3n) is 2.71. The van der Waals surface area contributed by atoms with Gasteiger partial charge in [-0.05, 0) is 25.5 Å². The standard InChI is InChI=1S/C15H21ClO4/c1-12(20-10-9-19-8-4-7-18-2)15(17)13-5-3-6-14(16)11-13/h3,5-6,11-12H,4,7-10H2,1-2H3. The first-order chi connectivity index (χ1) is 9.65. The SMILES string of the molecule is COCCCOCCOC(C)C(=O)c1cccc(Cl)c1. The Kier molecular flexibility index (Phi) is 8.46. The Bertz CT molecular complexity index is 409. The van der Waals surface area contributed by atoms with Crippen LogP contribution in [0.25, 0.3) is 0 Å². The van der Waals surface area contributed by atoms with Gasteiger partial charge in [-0.3, -0.25) is 4.79 Å². The highest BCUT2D eigenvalue weighted by Gasteiger charge is 2.15. The van der Waals surface area contributed by atoms with E-state index in [4.69, 9.17) is 25.8 Å². The predicted octanol–water partition coefficient (Wildman–Crippen LogP) is 2.98. The molecule has 1 aromatic carbocycles. The first kappa shape index (κ1) is 17.1. The van der Waals surface area contributed by atoms with E-state index < -0.39 is 6.10 Å². The number of hydrogen-bond acceptors (Lipinski definition) is 4. The minimum atomic E-state index is -0.504. The van der Waals surface area contributed by atoms with Crippen LogP contribution in [0.5, 0.6) is 0 Å². The molecule has 0 N–H and O–H groups in total. The zero-order valence-corrected chi connectivity index (χ0v) is 12.7. The molecular formula is C15H21ClO4. The molecule has 20 heavy (non-hydrogen) atoms. The van der Waals surface area contributed by atoms with E-state index in [1.165, 1.54) is 0 Å². The van der Waals surface area contributed by atoms with Gasteiger partial charge in [-0.2, -0.15) is 0 Å². The molecule has 0 heterocycles. The Balaban J connectivity index is 2.22. The van der Waals surface area contributed by atoms with Crippen molar-refractivity contribution in [2.24, 2.45) is 0 Å². The summed E-state index contributed by atoms with van der Waals surface area (Å²) in [6, 6.07) is 6.86. The summed E-state index contributed by atoms with van der Waals surface area (Å²) in [6.45, 7) is 3.91. The highest BCUT2D eigenvalue weighted by Crippen LogP contribution is 2.13. The van der Waals surface area contributed by atoms with Crippen LogP contribution in [0.3, 0.4) is 0 Å². The van der Waals surface area contributed by atoms with Crippen LogP contribution in [0.15, 0.2) is 24.3 Å². The van der Waals surface area contributed by atoms with Crippen LogP contribution in [0, 0.1) is 0 Å². The maximum Gasteiger partial charge on any atom is 0.191 e. The topological polar surface area (TPSA) is 44.8 Å². The molecule has 4 nitrogen and oxygen atoms in total. The lowest BCUT2D eigenvalue weighted by atomic mass is 10.1. The molecule has 0 aromatic heterocycles. The fraction of sp³-hybridized carbons (Fsp3) is 0.533. The zero-order valence-electron chi connectivity index (χ0n) is 11.9. The normalized spacial score (nSPS) is 12.3. The number of Topliss-reactive ketones (excluding diaryl/α,β-unsaturated/α-hetero) is 1. The molecule has 0 amide bonds. The first-order valence-electron chi connectivity index (χ1n) is 6.63. The lowest BCUT2D eigenvalue weighted by Gasteiger charge is -2.12. The van der Waals surface area contributed by atoms with Gasteiger partial charge in [0.15, 0.2) is 5.78 Å². The second kappa shape index (κ2) is 9.88. The number of hydrogen-bond donors (Lipinski definition) is 0. The molecule has 1 aromatic rings. The monoisotopic (exact) mass is 300 g/mol. The van der Waals surface area contributed by atoms with Crippen molar-refractivity contribution < 1.29 is 19.0 Å². The molecule has 0 radical (unpaired) electrons. The summed E-state index contributed by atoms with van der Waals surface area (Å²) in [4.78, 5) is 12.1. The molecule has 0 aliphatic carbocycles. The molecule has 0 saturated heterocycles. The molecule has 0 bridgehead atoms. The maximum absolute atomic E-state index is 12.1. The lowest BCUT2D eigenvalue weighted by Crippen LogP contribution is -2.23. The van der Waals surface area contributed by atoms with Crippen molar-refractivity contribution in [3.8, 4) is 0 Å². The van der Waals surface area contributed by atoms with Gasteiger partial charge in [0.25, 0.3) is 0 Å². The van der Waals surface area contributed by atoms with Crippen molar-refractivity contribution in [1.82, 2.24) is 0 Å². The molecule has 5 heteroatoms. The van der Waals surface area contributed by atoms with E-state index in [1.807, 2.05) is 0 Å². The Hall–Kier alpha value is -0.940. The molecule has 1 rings (SSSR count). The second-order valence-corrected chi connectivity index (χ2v) is 4.78. The van der Waals surface area contributed by atoms with Gasteiger partial charge in [0, 0.05) is 30.9 Å². The number of halogens is 1. The minimum Gasteiger partial charge on any atom is -0.385 e. The van der Waals surface area contributed by atoms with Crippen molar-refractivity contribution in [2.75, 3.05) is 33.5 Å². The van der Waals surface area contributed by atoms with Crippen molar-refractivity contribution in [2.45, 2.75) is 19.4 Å². The predicted molar refractivity (Wildman–Crippen MR) is 78.5 cm³/mol. The third kappa shape index (κ3) is 6.48. The summed E-state index contributed by atoms with van der Waals surface area (Å²) in [5, 5.41) is 0.546. The molecule has 1 unspecified atom stereocenters. The number of ketones is 1. The van der Waals surface area contributed by atoms with Gasteiger partial charge >= 0.3 is 0 Å². The molecule has 1 atom stereocenters. The Morgan fingerprint density at radius 1 is 1.25 bits per heavy atom. The lowest BCUT2D eigenvalue weighted by molar-refractivity contribution is 0.0116. The summed E-state index contributed by atoms with van der Waals surface area (Å²) in [6.07, 6.45) is 0.351. The number of rotatable bonds is 10. The molecule has 0 aliphatic rings. The number of benzene rings is 1. The van der Waals surface area contributed by atoms with Crippen LogP contribution in [-0.2, 0) is 14.2 Å². The van der Waals surface area contributed by atoms with Gasteiger partial charge in [-0.25, -0.2) is 0 Å². The molecular weight excluding hydrogens is 280 g/mol. The van der Waals surface area contributed by atoms with E-state index in [1.54, 1.807) is 38.3 Å².